The molecule has 0 aromatic heterocycles. The highest BCUT2D eigenvalue weighted by atomic mass is 16.5. The molecule has 1 aromatic rings. The van der Waals surface area contributed by atoms with E-state index in [1.54, 1.807) is 0 Å². The summed E-state index contributed by atoms with van der Waals surface area (Å²) in [7, 11) is 1.27. The minimum absolute atomic E-state index is 0.264. The van der Waals surface area contributed by atoms with Crippen molar-refractivity contribution in [1.29, 1.82) is 0 Å². The van der Waals surface area contributed by atoms with Crippen LogP contribution in [-0.2, 0) is 4.74 Å². The summed E-state index contributed by atoms with van der Waals surface area (Å²) in [5, 5.41) is 8.32. The summed E-state index contributed by atoms with van der Waals surface area (Å²) in [6, 6.07) is 5.71. The first-order chi connectivity index (χ1) is 6.69. The maximum atomic E-state index is 11.0. The molecule has 74 valence electrons. The molecule has 0 bridgehead atoms. The minimum atomic E-state index is -0.624. The Bertz CT molecular complexity index is 309. The summed E-state index contributed by atoms with van der Waals surface area (Å²) in [5.41, 5.74) is 2.10. The highest BCUT2D eigenvalue weighted by Crippen LogP contribution is 2.05. The van der Waals surface area contributed by atoms with Gasteiger partial charge in [0.15, 0.2) is 0 Å². The van der Waals surface area contributed by atoms with Gasteiger partial charge in [-0.25, -0.2) is 10.3 Å². The van der Waals surface area contributed by atoms with E-state index in [1.807, 2.05) is 0 Å². The number of carbonyl (C=O) groups is 2. The monoisotopic (exact) mass is 195 g/mol. The molecule has 0 heterocycles. The molecule has 0 aliphatic carbocycles. The van der Waals surface area contributed by atoms with E-state index in [1.165, 1.54) is 36.9 Å². The summed E-state index contributed by atoms with van der Waals surface area (Å²) in [6.45, 7) is 0. The van der Waals surface area contributed by atoms with Gasteiger partial charge in [0.25, 0.3) is 5.91 Å². The molecule has 2 N–H and O–H groups in total. The van der Waals surface area contributed by atoms with Gasteiger partial charge >= 0.3 is 5.97 Å². The van der Waals surface area contributed by atoms with Crippen LogP contribution in [0.1, 0.15) is 20.7 Å². The van der Waals surface area contributed by atoms with Gasteiger partial charge in [-0.3, -0.25) is 10.0 Å². The Kier molecular flexibility index (Phi) is 3.19. The molecule has 5 nitrogen and oxygen atoms in total. The lowest BCUT2D eigenvalue weighted by Gasteiger charge is -2.00. The number of methoxy groups -OCH3 is 1. The summed E-state index contributed by atoms with van der Waals surface area (Å²) >= 11 is 0. The molecule has 0 atom stereocenters. The predicted octanol–water partition coefficient (Wildman–Crippen LogP) is 0.592. The average molecular weight is 195 g/mol. The molecule has 0 unspecified atom stereocenters. The van der Waals surface area contributed by atoms with Gasteiger partial charge in [0.05, 0.1) is 12.7 Å². The van der Waals surface area contributed by atoms with Crippen LogP contribution >= 0.6 is 0 Å². The number of ether oxygens (including phenoxy) is 1. The normalized spacial score (nSPS) is 9.29. The van der Waals surface area contributed by atoms with E-state index in [2.05, 4.69) is 4.74 Å². The van der Waals surface area contributed by atoms with Crippen molar-refractivity contribution in [3.63, 3.8) is 0 Å². The van der Waals surface area contributed by atoms with Gasteiger partial charge in [0.2, 0.25) is 0 Å². The van der Waals surface area contributed by atoms with Crippen LogP contribution < -0.4 is 5.48 Å². The van der Waals surface area contributed by atoms with Crippen molar-refractivity contribution in [2.45, 2.75) is 0 Å². The van der Waals surface area contributed by atoms with Crippen LogP contribution in [0.5, 0.6) is 0 Å². The molecular formula is C9H9NO4. The second-order valence-corrected chi connectivity index (χ2v) is 2.51. The van der Waals surface area contributed by atoms with E-state index in [-0.39, 0.29) is 5.56 Å². The molecule has 0 saturated carbocycles. The van der Waals surface area contributed by atoms with E-state index in [4.69, 9.17) is 5.21 Å². The van der Waals surface area contributed by atoms with Crippen LogP contribution in [0.25, 0.3) is 0 Å². The van der Waals surface area contributed by atoms with Gasteiger partial charge in [0, 0.05) is 5.56 Å². The fraction of sp³-hybridized carbons (Fsp3) is 0.111. The smallest absolute Gasteiger partial charge is 0.337 e. The van der Waals surface area contributed by atoms with Gasteiger partial charge in [-0.05, 0) is 24.3 Å². The van der Waals surface area contributed by atoms with Crippen molar-refractivity contribution < 1.29 is 19.5 Å². The molecule has 5 heteroatoms. The zero-order chi connectivity index (χ0) is 10.6. The average Bonchev–Trinajstić information content (AvgIpc) is 2.27. The Morgan fingerprint density at radius 3 is 2.14 bits per heavy atom. The number of carbonyl (C=O) groups excluding carboxylic acids is 2. The highest BCUT2D eigenvalue weighted by Gasteiger charge is 2.07. The van der Waals surface area contributed by atoms with E-state index in [0.717, 1.165) is 0 Å². The lowest BCUT2D eigenvalue weighted by molar-refractivity contribution is 0.0599. The molecular weight excluding hydrogens is 186 g/mol. The van der Waals surface area contributed by atoms with Crippen LogP contribution in [0.15, 0.2) is 24.3 Å². The summed E-state index contributed by atoms with van der Waals surface area (Å²) < 4.78 is 4.47. The van der Waals surface area contributed by atoms with Gasteiger partial charge in [-0.2, -0.15) is 0 Å². The van der Waals surface area contributed by atoms with Crippen molar-refractivity contribution in [3.8, 4) is 0 Å². The third kappa shape index (κ3) is 2.08. The molecule has 0 aliphatic heterocycles. The van der Waals surface area contributed by atoms with E-state index >= 15 is 0 Å². The largest absolute Gasteiger partial charge is 0.465 e. The van der Waals surface area contributed by atoms with Crippen molar-refractivity contribution in [2.75, 3.05) is 7.11 Å². The highest BCUT2D eigenvalue weighted by molar-refractivity contribution is 5.95. The SMILES string of the molecule is COC(=O)c1ccc(C(=O)NO)cc1. The predicted molar refractivity (Wildman–Crippen MR) is 47.0 cm³/mol. The zero-order valence-electron chi connectivity index (χ0n) is 7.48. The first-order valence-corrected chi connectivity index (χ1v) is 3.82. The van der Waals surface area contributed by atoms with Crippen LogP contribution in [0.3, 0.4) is 0 Å². The van der Waals surface area contributed by atoms with Gasteiger partial charge < -0.3 is 4.74 Å². The lowest BCUT2D eigenvalue weighted by Crippen LogP contribution is -2.18. The maximum absolute atomic E-state index is 11.0. The summed E-state index contributed by atoms with van der Waals surface area (Å²) in [6.07, 6.45) is 0. The maximum Gasteiger partial charge on any atom is 0.337 e. The van der Waals surface area contributed by atoms with Crippen molar-refractivity contribution >= 4 is 11.9 Å². The lowest BCUT2D eigenvalue weighted by atomic mass is 10.1. The standard InChI is InChI=1S/C9H9NO4/c1-14-9(12)7-4-2-6(3-5-7)8(11)10-13/h2-5,13H,1H3,(H,10,11). The minimum Gasteiger partial charge on any atom is -0.465 e. The van der Waals surface area contributed by atoms with Crippen molar-refractivity contribution in [2.24, 2.45) is 0 Å². The number of hydrogen-bond acceptors (Lipinski definition) is 4. The van der Waals surface area contributed by atoms with Crippen molar-refractivity contribution in [1.82, 2.24) is 5.48 Å². The topological polar surface area (TPSA) is 75.6 Å². The third-order valence-electron chi connectivity index (χ3n) is 1.67. The summed E-state index contributed by atoms with van der Waals surface area (Å²) in [4.78, 5) is 21.9. The molecule has 1 rings (SSSR count). The second-order valence-electron chi connectivity index (χ2n) is 2.51. The third-order valence-corrected chi connectivity index (χ3v) is 1.67. The van der Waals surface area contributed by atoms with Crippen LogP contribution in [0.2, 0.25) is 0 Å². The Morgan fingerprint density at radius 1 is 1.21 bits per heavy atom. The van der Waals surface area contributed by atoms with Crippen LogP contribution in [0.4, 0.5) is 0 Å². The molecule has 0 fully saturated rings. The molecule has 1 aromatic carbocycles. The summed E-state index contributed by atoms with van der Waals surface area (Å²) in [5.74, 6) is -1.10. The molecule has 0 saturated heterocycles. The second kappa shape index (κ2) is 4.38. The molecule has 0 radical (unpaired) electrons. The molecule has 0 spiro atoms. The first-order valence-electron chi connectivity index (χ1n) is 3.82. The zero-order valence-corrected chi connectivity index (χ0v) is 7.48. The van der Waals surface area contributed by atoms with Gasteiger partial charge in [0.1, 0.15) is 0 Å². The number of hydroxylamine groups is 1. The van der Waals surface area contributed by atoms with Crippen molar-refractivity contribution in [3.05, 3.63) is 35.4 Å². The Labute approximate surface area is 80.3 Å². The number of rotatable bonds is 2. The van der Waals surface area contributed by atoms with E-state index < -0.39 is 11.9 Å². The van der Waals surface area contributed by atoms with Crippen LogP contribution in [-0.4, -0.2) is 24.2 Å². The van der Waals surface area contributed by atoms with E-state index in [9.17, 15) is 9.59 Å². The Morgan fingerprint density at radius 2 is 1.71 bits per heavy atom. The number of esters is 1. The Balaban J connectivity index is 2.89. The number of amides is 1. The molecule has 14 heavy (non-hydrogen) atoms. The molecule has 0 aliphatic rings. The fourth-order valence-corrected chi connectivity index (χ4v) is 0.940. The first kappa shape index (κ1) is 10.2. The van der Waals surface area contributed by atoms with Gasteiger partial charge in [-0.1, -0.05) is 0 Å². The van der Waals surface area contributed by atoms with E-state index in [0.29, 0.717) is 5.56 Å². The fourth-order valence-electron chi connectivity index (χ4n) is 0.940. The number of hydrogen-bond donors (Lipinski definition) is 2. The van der Waals surface area contributed by atoms with Crippen LogP contribution in [0, 0.1) is 0 Å². The number of benzene rings is 1. The quantitative estimate of drug-likeness (QED) is 0.411. The Hall–Kier alpha value is -1.88. The van der Waals surface area contributed by atoms with Gasteiger partial charge in [-0.15, -0.1) is 0 Å². The number of nitrogens with one attached hydrogen (secondary N) is 1. The molecule has 1 amide bonds.